The van der Waals surface area contributed by atoms with Crippen LogP contribution in [0, 0.1) is 6.92 Å². The zero-order chi connectivity index (χ0) is 9.14. The summed E-state index contributed by atoms with van der Waals surface area (Å²) in [4.78, 5) is 3.85. The highest BCUT2D eigenvalue weighted by molar-refractivity contribution is 6.00. The van der Waals surface area contributed by atoms with Gasteiger partial charge in [-0.1, -0.05) is 5.16 Å². The molecule has 1 heterocycles. The molecule has 0 atom stereocenters. The van der Waals surface area contributed by atoms with Crippen LogP contribution in [-0.4, -0.2) is 16.0 Å². The fourth-order valence-electron chi connectivity index (χ4n) is 0.839. The summed E-state index contributed by atoms with van der Waals surface area (Å²) in [6.07, 6.45) is 1.61. The van der Waals surface area contributed by atoms with Crippen molar-refractivity contribution in [2.75, 3.05) is 5.73 Å². The van der Waals surface area contributed by atoms with Crippen molar-refractivity contribution in [3.8, 4) is 0 Å². The van der Waals surface area contributed by atoms with Gasteiger partial charge in [-0.25, -0.2) is 4.98 Å². The second kappa shape index (κ2) is 3.08. The van der Waals surface area contributed by atoms with Gasteiger partial charge in [0.1, 0.15) is 5.82 Å². The number of aryl methyl sites for hydroxylation is 1. The normalized spacial score (nSPS) is 11.6. The second-order valence-corrected chi connectivity index (χ2v) is 2.43. The molecule has 1 aromatic heterocycles. The van der Waals surface area contributed by atoms with Crippen molar-refractivity contribution in [1.29, 1.82) is 0 Å². The van der Waals surface area contributed by atoms with Crippen LogP contribution in [0.4, 0.5) is 5.82 Å². The number of hydrogen-bond acceptors (Lipinski definition) is 4. The van der Waals surface area contributed by atoms with E-state index in [1.54, 1.807) is 12.3 Å². The lowest BCUT2D eigenvalue weighted by atomic mass is 10.2. The summed E-state index contributed by atoms with van der Waals surface area (Å²) in [5, 5.41) is 11.2. The SMILES string of the molecule is Cc1cnc(N)c(/C(N)=N/O)c1. The van der Waals surface area contributed by atoms with Gasteiger partial charge in [0.25, 0.3) is 0 Å². The van der Waals surface area contributed by atoms with E-state index in [0.717, 1.165) is 5.56 Å². The fourth-order valence-corrected chi connectivity index (χ4v) is 0.839. The molecule has 12 heavy (non-hydrogen) atoms. The van der Waals surface area contributed by atoms with Crippen molar-refractivity contribution in [2.45, 2.75) is 6.92 Å². The number of nitrogens with two attached hydrogens (primary N) is 2. The van der Waals surface area contributed by atoms with E-state index in [1.807, 2.05) is 6.92 Å². The summed E-state index contributed by atoms with van der Waals surface area (Å²) in [5.74, 6) is 0.236. The van der Waals surface area contributed by atoms with Crippen molar-refractivity contribution >= 4 is 11.7 Å². The first-order valence-electron chi connectivity index (χ1n) is 3.35. The van der Waals surface area contributed by atoms with Gasteiger partial charge < -0.3 is 16.7 Å². The summed E-state index contributed by atoms with van der Waals surface area (Å²) in [6.45, 7) is 1.85. The Labute approximate surface area is 69.7 Å². The first-order valence-corrected chi connectivity index (χ1v) is 3.35. The van der Waals surface area contributed by atoms with Crippen LogP contribution in [0.15, 0.2) is 17.4 Å². The minimum Gasteiger partial charge on any atom is -0.409 e. The first kappa shape index (κ1) is 8.32. The van der Waals surface area contributed by atoms with Crippen molar-refractivity contribution in [3.63, 3.8) is 0 Å². The van der Waals surface area contributed by atoms with Crippen LogP contribution in [0.3, 0.4) is 0 Å². The van der Waals surface area contributed by atoms with Crippen LogP contribution in [0.1, 0.15) is 11.1 Å². The molecule has 0 aliphatic rings. The van der Waals surface area contributed by atoms with Crippen LogP contribution in [0.2, 0.25) is 0 Å². The average molecular weight is 166 g/mol. The van der Waals surface area contributed by atoms with E-state index in [1.165, 1.54) is 0 Å². The van der Waals surface area contributed by atoms with Gasteiger partial charge in [0, 0.05) is 6.20 Å². The Hall–Kier alpha value is -1.78. The molecule has 0 saturated carbocycles. The van der Waals surface area contributed by atoms with Crippen LogP contribution >= 0.6 is 0 Å². The molecule has 0 spiro atoms. The second-order valence-electron chi connectivity index (χ2n) is 2.43. The maximum atomic E-state index is 8.38. The minimum absolute atomic E-state index is 0.0244. The summed E-state index contributed by atoms with van der Waals surface area (Å²) < 4.78 is 0. The maximum Gasteiger partial charge on any atom is 0.173 e. The number of nitrogen functional groups attached to an aromatic ring is 1. The molecule has 64 valence electrons. The Bertz CT molecular complexity index is 321. The Kier molecular flexibility index (Phi) is 2.14. The van der Waals surface area contributed by atoms with E-state index in [0.29, 0.717) is 5.56 Å². The smallest absolute Gasteiger partial charge is 0.173 e. The molecule has 1 rings (SSSR count). The summed E-state index contributed by atoms with van der Waals surface area (Å²) >= 11 is 0. The number of rotatable bonds is 1. The van der Waals surface area contributed by atoms with Crippen LogP contribution < -0.4 is 11.5 Å². The topological polar surface area (TPSA) is 97.5 Å². The zero-order valence-corrected chi connectivity index (χ0v) is 6.65. The quantitative estimate of drug-likeness (QED) is 0.238. The van der Waals surface area contributed by atoms with Crippen LogP contribution in [0.25, 0.3) is 0 Å². The molecule has 0 saturated heterocycles. The monoisotopic (exact) mass is 166 g/mol. The van der Waals surface area contributed by atoms with Crippen molar-refractivity contribution in [1.82, 2.24) is 4.98 Å². The highest BCUT2D eigenvalue weighted by atomic mass is 16.4. The van der Waals surface area contributed by atoms with Gasteiger partial charge in [0.2, 0.25) is 0 Å². The lowest BCUT2D eigenvalue weighted by Gasteiger charge is -2.02. The Balaban J connectivity index is 3.23. The number of pyridine rings is 1. The Morgan fingerprint density at radius 1 is 1.67 bits per heavy atom. The number of anilines is 1. The molecule has 5 nitrogen and oxygen atoms in total. The largest absolute Gasteiger partial charge is 0.409 e. The first-order chi connectivity index (χ1) is 5.65. The molecule has 0 unspecified atom stereocenters. The molecular weight excluding hydrogens is 156 g/mol. The molecular formula is C7H10N4O. The van der Waals surface area contributed by atoms with Gasteiger partial charge in [-0.3, -0.25) is 0 Å². The van der Waals surface area contributed by atoms with Crippen molar-refractivity contribution in [2.24, 2.45) is 10.9 Å². The lowest BCUT2D eigenvalue weighted by Crippen LogP contribution is -2.16. The highest BCUT2D eigenvalue weighted by Gasteiger charge is 2.04. The molecule has 0 amide bonds. The third kappa shape index (κ3) is 1.45. The van der Waals surface area contributed by atoms with E-state index < -0.39 is 0 Å². The van der Waals surface area contributed by atoms with Crippen molar-refractivity contribution in [3.05, 3.63) is 23.4 Å². The minimum atomic E-state index is -0.0244. The average Bonchev–Trinajstić information content (AvgIpc) is 2.08. The maximum absolute atomic E-state index is 8.38. The fraction of sp³-hybridized carbons (Fsp3) is 0.143. The van der Waals surface area contributed by atoms with Gasteiger partial charge in [-0.15, -0.1) is 0 Å². The number of nitrogens with zero attached hydrogens (tertiary/aromatic N) is 2. The molecule has 0 aliphatic heterocycles. The van der Waals surface area contributed by atoms with Gasteiger partial charge in [-0.05, 0) is 18.6 Å². The van der Waals surface area contributed by atoms with Crippen LogP contribution in [0.5, 0.6) is 0 Å². The predicted molar refractivity (Wildman–Crippen MR) is 45.9 cm³/mol. The number of hydrogen-bond donors (Lipinski definition) is 3. The van der Waals surface area contributed by atoms with Crippen LogP contribution in [-0.2, 0) is 0 Å². The molecule has 5 heteroatoms. The standard InChI is InChI=1S/C7H10N4O/c1-4-2-5(7(9)11-12)6(8)10-3-4/h2-3,12H,1H3,(H2,8,10)(H2,9,11). The molecule has 0 radical (unpaired) electrons. The Morgan fingerprint density at radius 3 is 2.92 bits per heavy atom. The van der Waals surface area contributed by atoms with E-state index in [4.69, 9.17) is 16.7 Å². The zero-order valence-electron chi connectivity index (χ0n) is 6.65. The number of aromatic nitrogens is 1. The van der Waals surface area contributed by atoms with E-state index >= 15 is 0 Å². The van der Waals surface area contributed by atoms with Gasteiger partial charge >= 0.3 is 0 Å². The van der Waals surface area contributed by atoms with Gasteiger partial charge in [-0.2, -0.15) is 0 Å². The molecule has 5 N–H and O–H groups in total. The molecule has 0 aliphatic carbocycles. The van der Waals surface area contributed by atoms with E-state index in [2.05, 4.69) is 10.1 Å². The third-order valence-electron chi connectivity index (χ3n) is 1.44. The summed E-state index contributed by atoms with van der Waals surface area (Å²) in [6, 6.07) is 1.71. The van der Waals surface area contributed by atoms with E-state index in [9.17, 15) is 0 Å². The van der Waals surface area contributed by atoms with Gasteiger partial charge in [0.05, 0.1) is 5.56 Å². The Morgan fingerprint density at radius 2 is 2.33 bits per heavy atom. The van der Waals surface area contributed by atoms with Crippen molar-refractivity contribution < 1.29 is 5.21 Å². The number of amidine groups is 1. The molecule has 0 fully saturated rings. The third-order valence-corrected chi connectivity index (χ3v) is 1.44. The predicted octanol–water partition coefficient (Wildman–Crippen LogP) is 0.0667. The highest BCUT2D eigenvalue weighted by Crippen LogP contribution is 2.09. The summed E-state index contributed by atoms with van der Waals surface area (Å²) in [7, 11) is 0. The lowest BCUT2D eigenvalue weighted by molar-refractivity contribution is 0.318. The molecule has 1 aromatic rings. The molecule has 0 aromatic carbocycles. The summed E-state index contributed by atoms with van der Waals surface area (Å²) in [5.41, 5.74) is 12.2. The molecule has 0 bridgehead atoms. The van der Waals surface area contributed by atoms with E-state index in [-0.39, 0.29) is 11.7 Å². The van der Waals surface area contributed by atoms with Gasteiger partial charge in [0.15, 0.2) is 5.84 Å². The number of oxime groups is 1.